The Labute approximate surface area is 158 Å². The molecule has 0 fully saturated rings. The normalized spacial score (nSPS) is 11.7. The van der Waals surface area contributed by atoms with Crippen molar-refractivity contribution in [2.24, 2.45) is 5.92 Å². The molecular weight excluding hydrogens is 367 g/mol. The average Bonchev–Trinajstić information content (AvgIpc) is 3.06. The predicted molar refractivity (Wildman–Crippen MR) is 102 cm³/mol. The van der Waals surface area contributed by atoms with E-state index in [1.807, 2.05) is 45.0 Å². The summed E-state index contributed by atoms with van der Waals surface area (Å²) in [7, 11) is -3.96. The van der Waals surface area contributed by atoms with Gasteiger partial charge in [0.05, 0.1) is 4.90 Å². The molecule has 0 amide bonds. The van der Waals surface area contributed by atoms with Crippen LogP contribution in [0, 0.1) is 18.7 Å². The molecule has 5 nitrogen and oxygen atoms in total. The van der Waals surface area contributed by atoms with Crippen molar-refractivity contribution < 1.29 is 17.2 Å². The predicted octanol–water partition coefficient (Wildman–Crippen LogP) is 4.69. The van der Waals surface area contributed by atoms with Crippen molar-refractivity contribution in [2.45, 2.75) is 30.7 Å². The second kappa shape index (κ2) is 7.52. The van der Waals surface area contributed by atoms with Crippen molar-refractivity contribution >= 4 is 15.7 Å². The van der Waals surface area contributed by atoms with E-state index in [-0.39, 0.29) is 27.6 Å². The van der Waals surface area contributed by atoms with Gasteiger partial charge in [-0.05, 0) is 49.2 Å². The third-order valence-electron chi connectivity index (χ3n) is 3.94. The molecule has 0 atom stereocenters. The first-order valence-corrected chi connectivity index (χ1v) is 10.1. The van der Waals surface area contributed by atoms with Crippen molar-refractivity contribution in [1.82, 2.24) is 4.98 Å². The quantitative estimate of drug-likeness (QED) is 0.620. The summed E-state index contributed by atoms with van der Waals surface area (Å²) >= 11 is 0. The minimum atomic E-state index is -3.96. The Kier molecular flexibility index (Phi) is 5.32. The summed E-state index contributed by atoms with van der Waals surface area (Å²) in [5, 5.41) is 2.82. The topological polar surface area (TPSA) is 72.2 Å². The third kappa shape index (κ3) is 4.19. The average molecular weight is 388 g/mol. The van der Waals surface area contributed by atoms with Gasteiger partial charge >= 0.3 is 0 Å². The Balaban J connectivity index is 2.08. The van der Waals surface area contributed by atoms with Crippen molar-refractivity contribution in [1.29, 1.82) is 0 Å². The van der Waals surface area contributed by atoms with E-state index in [0.717, 1.165) is 17.7 Å². The maximum Gasteiger partial charge on any atom is 0.233 e. The molecular formula is C20H21FN2O3S. The van der Waals surface area contributed by atoms with Gasteiger partial charge in [-0.2, -0.15) is 4.98 Å². The lowest BCUT2D eigenvalue weighted by Crippen LogP contribution is -2.11. The zero-order valence-corrected chi connectivity index (χ0v) is 16.2. The highest BCUT2D eigenvalue weighted by molar-refractivity contribution is 7.91. The molecule has 0 saturated carbocycles. The van der Waals surface area contributed by atoms with E-state index in [2.05, 4.69) is 10.3 Å². The van der Waals surface area contributed by atoms with E-state index >= 15 is 0 Å². The second-order valence-corrected chi connectivity index (χ2v) is 8.62. The molecule has 3 aromatic rings. The number of hydrogen-bond acceptors (Lipinski definition) is 5. The van der Waals surface area contributed by atoms with Crippen molar-refractivity contribution in [3.05, 3.63) is 59.9 Å². The number of aromatic nitrogens is 1. The zero-order chi connectivity index (χ0) is 19.6. The summed E-state index contributed by atoms with van der Waals surface area (Å²) in [5.41, 5.74) is 1.75. The first-order chi connectivity index (χ1) is 12.8. The molecule has 0 spiro atoms. The molecule has 27 heavy (non-hydrogen) atoms. The number of nitrogens with one attached hydrogen (secondary N) is 1. The first kappa shape index (κ1) is 19.1. The molecule has 1 aromatic heterocycles. The van der Waals surface area contributed by atoms with E-state index in [9.17, 15) is 12.8 Å². The molecule has 7 heteroatoms. The molecule has 142 valence electrons. The number of nitrogens with zero attached hydrogens (tertiary/aromatic N) is 1. The van der Waals surface area contributed by atoms with E-state index < -0.39 is 15.7 Å². The largest absolute Gasteiger partial charge is 0.419 e. The van der Waals surface area contributed by atoms with E-state index in [1.165, 1.54) is 12.1 Å². The number of hydrogen-bond donors (Lipinski definition) is 1. The second-order valence-electron chi connectivity index (χ2n) is 6.75. The molecule has 0 bridgehead atoms. The third-order valence-corrected chi connectivity index (χ3v) is 5.62. The summed E-state index contributed by atoms with van der Waals surface area (Å²) < 4.78 is 45.0. The number of rotatable bonds is 6. The van der Waals surface area contributed by atoms with Gasteiger partial charge in [0.15, 0.2) is 0 Å². The van der Waals surface area contributed by atoms with E-state index in [1.54, 1.807) is 0 Å². The molecule has 3 rings (SSSR count). The van der Waals surface area contributed by atoms with E-state index in [0.29, 0.717) is 12.1 Å². The van der Waals surface area contributed by atoms with Crippen LogP contribution in [0.3, 0.4) is 0 Å². The Morgan fingerprint density at radius 1 is 1.07 bits per heavy atom. The van der Waals surface area contributed by atoms with Gasteiger partial charge in [-0.15, -0.1) is 0 Å². The molecule has 0 unspecified atom stereocenters. The minimum absolute atomic E-state index is 0.0414. The standard InChI is InChI=1S/C20H21FN2O3S/c1-13(2)12-22-19-20(27(24,25)17-10-8-16(21)9-11-17)23-18(26-19)15-6-4-14(3)5-7-15/h4-11,13,22H,12H2,1-3H3. The smallest absolute Gasteiger partial charge is 0.233 e. The zero-order valence-electron chi connectivity index (χ0n) is 15.4. The molecule has 1 heterocycles. The van der Waals surface area contributed by atoms with Crippen LogP contribution in [0.15, 0.2) is 62.9 Å². The molecule has 0 radical (unpaired) electrons. The van der Waals surface area contributed by atoms with Gasteiger partial charge in [0, 0.05) is 12.1 Å². The Bertz CT molecular complexity index is 1020. The van der Waals surface area contributed by atoms with Gasteiger partial charge in [-0.1, -0.05) is 31.5 Å². The van der Waals surface area contributed by atoms with Gasteiger partial charge in [0.2, 0.25) is 26.6 Å². The van der Waals surface area contributed by atoms with Crippen LogP contribution in [0.2, 0.25) is 0 Å². The Hall–Kier alpha value is -2.67. The monoisotopic (exact) mass is 388 g/mol. The van der Waals surface area contributed by atoms with Crippen LogP contribution in [0.4, 0.5) is 10.3 Å². The van der Waals surface area contributed by atoms with Crippen LogP contribution in [0.5, 0.6) is 0 Å². The Morgan fingerprint density at radius 2 is 1.70 bits per heavy atom. The summed E-state index contributed by atoms with van der Waals surface area (Å²) in [6, 6.07) is 12.1. The van der Waals surface area contributed by atoms with Crippen molar-refractivity contribution in [2.75, 3.05) is 11.9 Å². The summed E-state index contributed by atoms with van der Waals surface area (Å²) in [6.07, 6.45) is 0. The lowest BCUT2D eigenvalue weighted by Gasteiger charge is -2.08. The maximum absolute atomic E-state index is 13.2. The number of anilines is 1. The maximum atomic E-state index is 13.2. The molecule has 0 aliphatic heterocycles. The first-order valence-electron chi connectivity index (χ1n) is 8.60. The van der Waals surface area contributed by atoms with Crippen LogP contribution >= 0.6 is 0 Å². The summed E-state index contributed by atoms with van der Waals surface area (Å²) in [5.74, 6) is 0.0671. The van der Waals surface area contributed by atoms with Crippen molar-refractivity contribution in [3.63, 3.8) is 0 Å². The van der Waals surface area contributed by atoms with Crippen LogP contribution in [0.1, 0.15) is 19.4 Å². The number of oxazole rings is 1. The summed E-state index contributed by atoms with van der Waals surface area (Å²) in [4.78, 5) is 4.21. The highest BCUT2D eigenvalue weighted by Crippen LogP contribution is 2.32. The van der Waals surface area contributed by atoms with Crippen LogP contribution in [-0.4, -0.2) is 19.9 Å². The highest BCUT2D eigenvalue weighted by Gasteiger charge is 2.28. The number of halogens is 1. The fourth-order valence-corrected chi connectivity index (χ4v) is 3.72. The SMILES string of the molecule is Cc1ccc(-c2nc(S(=O)(=O)c3ccc(F)cc3)c(NCC(C)C)o2)cc1. The van der Waals surface area contributed by atoms with Crippen LogP contribution in [-0.2, 0) is 9.84 Å². The van der Waals surface area contributed by atoms with Gasteiger partial charge in [0.1, 0.15) is 5.82 Å². The van der Waals surface area contributed by atoms with Crippen molar-refractivity contribution in [3.8, 4) is 11.5 Å². The lowest BCUT2D eigenvalue weighted by atomic mass is 10.1. The van der Waals surface area contributed by atoms with Crippen LogP contribution < -0.4 is 5.32 Å². The van der Waals surface area contributed by atoms with Gasteiger partial charge in [0.25, 0.3) is 0 Å². The fraction of sp³-hybridized carbons (Fsp3) is 0.250. The molecule has 0 aliphatic rings. The lowest BCUT2D eigenvalue weighted by molar-refractivity contribution is 0.567. The minimum Gasteiger partial charge on any atom is -0.419 e. The fourth-order valence-electron chi connectivity index (χ4n) is 2.44. The number of sulfone groups is 1. The van der Waals surface area contributed by atoms with Gasteiger partial charge in [-0.3, -0.25) is 0 Å². The molecule has 2 aromatic carbocycles. The van der Waals surface area contributed by atoms with Gasteiger partial charge in [-0.25, -0.2) is 12.8 Å². The molecule has 1 N–H and O–H groups in total. The number of benzene rings is 2. The van der Waals surface area contributed by atoms with E-state index in [4.69, 9.17) is 4.42 Å². The molecule has 0 saturated heterocycles. The van der Waals surface area contributed by atoms with Gasteiger partial charge < -0.3 is 9.73 Å². The van der Waals surface area contributed by atoms with Crippen LogP contribution in [0.25, 0.3) is 11.5 Å². The summed E-state index contributed by atoms with van der Waals surface area (Å²) in [6.45, 7) is 6.48. The molecule has 0 aliphatic carbocycles. The highest BCUT2D eigenvalue weighted by atomic mass is 32.2. The Morgan fingerprint density at radius 3 is 2.30 bits per heavy atom. The number of aryl methyl sites for hydroxylation is 1.